The van der Waals surface area contributed by atoms with Gasteiger partial charge in [0.05, 0.1) is 0 Å². The molecule has 2 nitrogen and oxygen atoms in total. The van der Waals surface area contributed by atoms with Gasteiger partial charge in [-0.05, 0) is 37.1 Å². The summed E-state index contributed by atoms with van der Waals surface area (Å²) in [6, 6.07) is 0.324. The van der Waals surface area contributed by atoms with Crippen LogP contribution in [0.1, 0.15) is 66.2 Å². The summed E-state index contributed by atoms with van der Waals surface area (Å²) in [6.07, 6.45) is 7.80. The smallest absolute Gasteiger partial charge is 0.00482 e. The summed E-state index contributed by atoms with van der Waals surface area (Å²) >= 11 is 0. The van der Waals surface area contributed by atoms with Crippen molar-refractivity contribution >= 4 is 0 Å². The van der Waals surface area contributed by atoms with Crippen LogP contribution in [0.3, 0.4) is 0 Å². The van der Waals surface area contributed by atoms with E-state index in [0.717, 1.165) is 25.3 Å². The predicted octanol–water partition coefficient (Wildman–Crippen LogP) is 3.30. The van der Waals surface area contributed by atoms with Crippen molar-refractivity contribution in [3.8, 4) is 0 Å². The molecule has 4 N–H and O–H groups in total. The van der Waals surface area contributed by atoms with Gasteiger partial charge in [0.1, 0.15) is 0 Å². The molecule has 0 bridgehead atoms. The third-order valence-electron chi connectivity index (χ3n) is 4.10. The van der Waals surface area contributed by atoms with E-state index in [9.17, 15) is 0 Å². The molecule has 98 valence electrons. The Kier molecular flexibility index (Phi) is 8.04. The van der Waals surface area contributed by atoms with Gasteiger partial charge >= 0.3 is 0 Å². The van der Waals surface area contributed by atoms with Crippen LogP contribution in [0.4, 0.5) is 0 Å². The van der Waals surface area contributed by atoms with Crippen LogP contribution in [0.15, 0.2) is 0 Å². The van der Waals surface area contributed by atoms with E-state index in [1.165, 1.54) is 25.7 Å². The normalized spacial score (nSPS) is 25.5. The summed E-state index contributed by atoms with van der Waals surface area (Å²) in [6.45, 7) is 9.97. The molecule has 16 heavy (non-hydrogen) atoms. The zero-order valence-corrected chi connectivity index (χ0v) is 11.8. The van der Waals surface area contributed by atoms with Gasteiger partial charge in [-0.2, -0.15) is 0 Å². The summed E-state index contributed by atoms with van der Waals surface area (Å²) in [5.41, 5.74) is 11.4. The van der Waals surface area contributed by atoms with Gasteiger partial charge in [-0.25, -0.2) is 0 Å². The molecule has 2 unspecified atom stereocenters. The predicted molar refractivity (Wildman–Crippen MR) is 73.4 cm³/mol. The Balaban J connectivity index is 0.000000293. The maximum atomic E-state index is 5.50. The maximum absolute atomic E-state index is 5.50. The second-order valence-electron chi connectivity index (χ2n) is 5.88. The Bertz CT molecular complexity index is 166. The average molecular weight is 228 g/mol. The molecule has 0 spiro atoms. The molecule has 0 aromatic carbocycles. The highest BCUT2D eigenvalue weighted by atomic mass is 14.6. The van der Waals surface area contributed by atoms with Crippen molar-refractivity contribution in [1.82, 2.24) is 0 Å². The molecular formula is C14H32N2. The molecule has 0 aliphatic heterocycles. The number of hydrogen-bond acceptors (Lipinski definition) is 2. The van der Waals surface area contributed by atoms with Gasteiger partial charge < -0.3 is 11.5 Å². The molecule has 0 aromatic heterocycles. The number of nitrogens with two attached hydrogens (primary N) is 2. The minimum Gasteiger partial charge on any atom is -0.330 e. The van der Waals surface area contributed by atoms with E-state index in [4.69, 9.17) is 11.5 Å². The molecule has 1 aliphatic rings. The standard InChI is InChI=1S/C9H18.C5H14N2/c1-8-6-4-5-7-9(8,2)3;1-2-5(7)3-4-6/h8H,4-7H2,1-3H3;5H,2-4,6-7H2,1H3. The van der Waals surface area contributed by atoms with E-state index in [-0.39, 0.29) is 0 Å². The fourth-order valence-corrected chi connectivity index (χ4v) is 2.09. The molecule has 2 heteroatoms. The van der Waals surface area contributed by atoms with Gasteiger partial charge in [-0.3, -0.25) is 0 Å². The highest BCUT2D eigenvalue weighted by molar-refractivity contribution is 4.79. The van der Waals surface area contributed by atoms with Gasteiger partial charge in [0, 0.05) is 6.04 Å². The molecule has 1 saturated carbocycles. The largest absolute Gasteiger partial charge is 0.330 e. The lowest BCUT2D eigenvalue weighted by atomic mass is 9.70. The summed E-state index contributed by atoms with van der Waals surface area (Å²) in [5.74, 6) is 0.950. The van der Waals surface area contributed by atoms with E-state index < -0.39 is 0 Å². The third kappa shape index (κ3) is 6.49. The van der Waals surface area contributed by atoms with Gasteiger partial charge in [-0.1, -0.05) is 47.0 Å². The Morgan fingerprint density at radius 3 is 2.19 bits per heavy atom. The van der Waals surface area contributed by atoms with Gasteiger partial charge in [0.15, 0.2) is 0 Å². The van der Waals surface area contributed by atoms with Crippen molar-refractivity contribution in [2.45, 2.75) is 72.3 Å². The molecule has 0 heterocycles. The monoisotopic (exact) mass is 228 g/mol. The van der Waals surface area contributed by atoms with Crippen LogP contribution in [0, 0.1) is 11.3 Å². The molecule has 0 amide bonds. The summed E-state index contributed by atoms with van der Waals surface area (Å²) in [5, 5.41) is 0. The van der Waals surface area contributed by atoms with Crippen LogP contribution in [0.5, 0.6) is 0 Å². The van der Waals surface area contributed by atoms with Gasteiger partial charge in [0.25, 0.3) is 0 Å². The van der Waals surface area contributed by atoms with Gasteiger partial charge in [-0.15, -0.1) is 0 Å². The van der Waals surface area contributed by atoms with Crippen LogP contribution in [-0.2, 0) is 0 Å². The molecule has 0 radical (unpaired) electrons. The average Bonchev–Trinajstić information content (AvgIpc) is 2.24. The van der Waals surface area contributed by atoms with Crippen LogP contribution >= 0.6 is 0 Å². The highest BCUT2D eigenvalue weighted by Gasteiger charge is 2.27. The summed E-state index contributed by atoms with van der Waals surface area (Å²) in [7, 11) is 0. The van der Waals surface area contributed by atoms with Crippen LogP contribution < -0.4 is 11.5 Å². The summed E-state index contributed by atoms with van der Waals surface area (Å²) < 4.78 is 0. The third-order valence-corrected chi connectivity index (χ3v) is 4.10. The second kappa shape index (κ2) is 8.08. The van der Waals surface area contributed by atoms with E-state index in [0.29, 0.717) is 11.5 Å². The lowest BCUT2D eigenvalue weighted by molar-refractivity contribution is 0.154. The molecule has 1 aliphatic carbocycles. The molecule has 1 fully saturated rings. The van der Waals surface area contributed by atoms with Crippen molar-refractivity contribution in [2.24, 2.45) is 22.8 Å². The van der Waals surface area contributed by atoms with Crippen LogP contribution in [-0.4, -0.2) is 12.6 Å². The highest BCUT2D eigenvalue weighted by Crippen LogP contribution is 2.39. The van der Waals surface area contributed by atoms with Crippen LogP contribution in [0.25, 0.3) is 0 Å². The quantitative estimate of drug-likeness (QED) is 0.779. The van der Waals surface area contributed by atoms with E-state index in [2.05, 4.69) is 27.7 Å². The van der Waals surface area contributed by atoms with Crippen molar-refractivity contribution in [1.29, 1.82) is 0 Å². The summed E-state index contributed by atoms with van der Waals surface area (Å²) in [4.78, 5) is 0. The zero-order valence-electron chi connectivity index (χ0n) is 11.8. The molecule has 2 atom stereocenters. The fraction of sp³-hybridized carbons (Fsp3) is 1.00. The van der Waals surface area contributed by atoms with E-state index in [1.807, 2.05) is 0 Å². The van der Waals surface area contributed by atoms with Crippen molar-refractivity contribution in [3.05, 3.63) is 0 Å². The first kappa shape index (κ1) is 15.9. The van der Waals surface area contributed by atoms with Gasteiger partial charge in [0.2, 0.25) is 0 Å². The Hall–Kier alpha value is -0.0800. The lowest BCUT2D eigenvalue weighted by Gasteiger charge is -2.36. The van der Waals surface area contributed by atoms with Crippen molar-refractivity contribution < 1.29 is 0 Å². The van der Waals surface area contributed by atoms with E-state index in [1.54, 1.807) is 0 Å². The Morgan fingerprint density at radius 2 is 1.94 bits per heavy atom. The molecule has 0 aromatic rings. The Labute approximate surface area is 102 Å². The Morgan fingerprint density at radius 1 is 1.31 bits per heavy atom. The number of rotatable bonds is 3. The topological polar surface area (TPSA) is 52.0 Å². The van der Waals surface area contributed by atoms with Crippen molar-refractivity contribution in [2.75, 3.05) is 6.54 Å². The van der Waals surface area contributed by atoms with Crippen molar-refractivity contribution in [3.63, 3.8) is 0 Å². The fourth-order valence-electron chi connectivity index (χ4n) is 2.09. The zero-order chi connectivity index (χ0) is 12.6. The minimum absolute atomic E-state index is 0.324. The first-order valence-corrected chi connectivity index (χ1v) is 6.89. The molecule has 1 rings (SSSR count). The lowest BCUT2D eigenvalue weighted by Crippen LogP contribution is -2.24. The first-order chi connectivity index (χ1) is 7.44. The SMILES string of the molecule is CC1CCCCC1(C)C.CCC(N)CCN. The second-order valence-corrected chi connectivity index (χ2v) is 5.88. The van der Waals surface area contributed by atoms with Crippen LogP contribution in [0.2, 0.25) is 0 Å². The molecular weight excluding hydrogens is 196 g/mol. The van der Waals surface area contributed by atoms with E-state index >= 15 is 0 Å². The number of hydrogen-bond donors (Lipinski definition) is 2. The molecule has 0 saturated heterocycles. The first-order valence-electron chi connectivity index (χ1n) is 6.89. The maximum Gasteiger partial charge on any atom is 0.00482 e. The minimum atomic E-state index is 0.324.